The Labute approximate surface area is 250 Å². The zero-order valence-corrected chi connectivity index (χ0v) is 26.2. The van der Waals surface area contributed by atoms with E-state index in [2.05, 4.69) is 19.2 Å². The Bertz CT molecular complexity index is 1410. The Morgan fingerprint density at radius 2 is 1.48 bits per heavy atom. The van der Waals surface area contributed by atoms with Gasteiger partial charge in [0.05, 0.1) is 17.7 Å². The minimum atomic E-state index is -4.10. The molecule has 3 aromatic carbocycles. The molecular formula is C33H43N3O5S. The first-order valence-electron chi connectivity index (χ1n) is 14.4. The first kappa shape index (κ1) is 32.7. The Balaban J connectivity index is 2.05. The maximum absolute atomic E-state index is 14.2. The van der Waals surface area contributed by atoms with Crippen LogP contribution < -0.4 is 14.4 Å². The van der Waals surface area contributed by atoms with Crippen LogP contribution in [0.15, 0.2) is 83.8 Å². The van der Waals surface area contributed by atoms with Crippen LogP contribution in [0.1, 0.15) is 64.5 Å². The van der Waals surface area contributed by atoms with Crippen LogP contribution in [0.2, 0.25) is 0 Å². The van der Waals surface area contributed by atoms with E-state index in [9.17, 15) is 18.0 Å². The number of sulfonamides is 1. The van der Waals surface area contributed by atoms with Crippen molar-refractivity contribution < 1.29 is 22.7 Å². The van der Waals surface area contributed by atoms with E-state index in [1.165, 1.54) is 17.0 Å². The highest BCUT2D eigenvalue weighted by atomic mass is 32.2. The van der Waals surface area contributed by atoms with Gasteiger partial charge in [-0.2, -0.15) is 0 Å². The van der Waals surface area contributed by atoms with Gasteiger partial charge in [0.25, 0.3) is 10.0 Å². The van der Waals surface area contributed by atoms with Crippen LogP contribution >= 0.6 is 0 Å². The van der Waals surface area contributed by atoms with Gasteiger partial charge in [0.1, 0.15) is 18.3 Å². The summed E-state index contributed by atoms with van der Waals surface area (Å²) in [5.74, 6) is 0.175. The van der Waals surface area contributed by atoms with Crippen molar-refractivity contribution in [2.24, 2.45) is 0 Å². The quantitative estimate of drug-likeness (QED) is 0.257. The van der Waals surface area contributed by atoms with Crippen LogP contribution in [0.25, 0.3) is 0 Å². The first-order valence-corrected chi connectivity index (χ1v) is 15.9. The lowest BCUT2D eigenvalue weighted by atomic mass is 10.0. The number of carbonyl (C=O) groups is 2. The second kappa shape index (κ2) is 14.9. The number of hydrogen-bond acceptors (Lipinski definition) is 5. The predicted molar refractivity (Wildman–Crippen MR) is 167 cm³/mol. The van der Waals surface area contributed by atoms with E-state index < -0.39 is 28.5 Å². The summed E-state index contributed by atoms with van der Waals surface area (Å²) in [6.45, 7) is 9.51. The van der Waals surface area contributed by atoms with E-state index in [-0.39, 0.29) is 29.3 Å². The van der Waals surface area contributed by atoms with Gasteiger partial charge in [-0.3, -0.25) is 13.9 Å². The number of methoxy groups -OCH3 is 1. The van der Waals surface area contributed by atoms with E-state index in [0.29, 0.717) is 17.9 Å². The van der Waals surface area contributed by atoms with Crippen LogP contribution in [0, 0.1) is 0 Å². The summed E-state index contributed by atoms with van der Waals surface area (Å²) in [6.07, 6.45) is 1.10. The van der Waals surface area contributed by atoms with Gasteiger partial charge in [-0.1, -0.05) is 70.2 Å². The van der Waals surface area contributed by atoms with Crippen molar-refractivity contribution in [2.75, 3.05) is 18.0 Å². The summed E-state index contributed by atoms with van der Waals surface area (Å²) >= 11 is 0. The van der Waals surface area contributed by atoms with Gasteiger partial charge >= 0.3 is 0 Å². The normalized spacial score (nSPS) is 12.8. The van der Waals surface area contributed by atoms with Gasteiger partial charge in [-0.25, -0.2) is 8.42 Å². The van der Waals surface area contributed by atoms with Crippen LogP contribution in [0.5, 0.6) is 5.75 Å². The zero-order valence-electron chi connectivity index (χ0n) is 25.4. The molecule has 0 aliphatic carbocycles. The van der Waals surface area contributed by atoms with E-state index in [4.69, 9.17) is 4.74 Å². The minimum absolute atomic E-state index is 0.0704. The van der Waals surface area contributed by atoms with Crippen molar-refractivity contribution in [3.05, 3.63) is 90.0 Å². The number of benzene rings is 3. The Morgan fingerprint density at radius 1 is 0.857 bits per heavy atom. The molecule has 0 bridgehead atoms. The lowest BCUT2D eigenvalue weighted by Crippen LogP contribution is -2.53. The van der Waals surface area contributed by atoms with Crippen LogP contribution in [0.4, 0.5) is 5.69 Å². The molecule has 9 heteroatoms. The first-order chi connectivity index (χ1) is 20.0. The van der Waals surface area contributed by atoms with Crippen LogP contribution in [-0.4, -0.2) is 50.9 Å². The molecule has 226 valence electrons. The van der Waals surface area contributed by atoms with Gasteiger partial charge in [-0.05, 0) is 73.2 Å². The van der Waals surface area contributed by atoms with Crippen molar-refractivity contribution in [1.29, 1.82) is 0 Å². The van der Waals surface area contributed by atoms with Crippen molar-refractivity contribution >= 4 is 27.5 Å². The molecule has 0 spiro atoms. The molecule has 2 atom stereocenters. The van der Waals surface area contributed by atoms with Crippen LogP contribution in [-0.2, 0) is 26.2 Å². The molecule has 1 N–H and O–H groups in total. The smallest absolute Gasteiger partial charge is 0.264 e. The molecule has 0 unspecified atom stereocenters. The predicted octanol–water partition coefficient (Wildman–Crippen LogP) is 5.74. The highest BCUT2D eigenvalue weighted by molar-refractivity contribution is 7.92. The van der Waals surface area contributed by atoms with E-state index >= 15 is 0 Å². The molecule has 0 radical (unpaired) electrons. The molecule has 0 fully saturated rings. The Morgan fingerprint density at radius 3 is 2.00 bits per heavy atom. The second-order valence-electron chi connectivity index (χ2n) is 10.7. The zero-order chi connectivity index (χ0) is 30.9. The summed E-state index contributed by atoms with van der Waals surface area (Å²) in [6, 6.07) is 21.7. The largest absolute Gasteiger partial charge is 0.497 e. The highest BCUT2D eigenvalue weighted by Crippen LogP contribution is 2.27. The van der Waals surface area contributed by atoms with Gasteiger partial charge in [0.2, 0.25) is 11.8 Å². The molecule has 2 amide bonds. The highest BCUT2D eigenvalue weighted by Gasteiger charge is 2.34. The number of anilines is 1. The molecule has 0 saturated carbocycles. The SMILES string of the molecule is CC[C@@H](C)NC(=O)[C@@H](CC)N(Cc1ccc(OC)cc1)C(=O)CN(c1ccc(C(C)C)cc1)S(=O)(=O)c1ccccc1. The minimum Gasteiger partial charge on any atom is -0.497 e. The van der Waals surface area contributed by atoms with E-state index in [1.807, 2.05) is 45.0 Å². The Kier molecular flexibility index (Phi) is 11.6. The topological polar surface area (TPSA) is 96.0 Å². The molecule has 0 aliphatic rings. The molecule has 0 aliphatic heterocycles. The molecular weight excluding hydrogens is 550 g/mol. The standard InChI is InChI=1S/C33H43N3O5S/c1-7-25(5)34-33(38)31(8-2)35(22-26-14-20-29(41-6)21-15-26)32(37)23-36(28-18-16-27(17-19-28)24(3)4)42(39,40)30-12-10-9-11-13-30/h9-21,24-25,31H,7-8,22-23H2,1-6H3,(H,34,38)/t25-,31-/m1/s1. The fourth-order valence-corrected chi connectivity index (χ4v) is 6.00. The Hall–Kier alpha value is -3.85. The van der Waals surface area contributed by atoms with Gasteiger partial charge < -0.3 is 15.0 Å². The van der Waals surface area contributed by atoms with Crippen LogP contribution in [0.3, 0.4) is 0 Å². The maximum Gasteiger partial charge on any atom is 0.264 e. The molecule has 8 nitrogen and oxygen atoms in total. The third-order valence-electron chi connectivity index (χ3n) is 7.36. The summed E-state index contributed by atoms with van der Waals surface area (Å²) in [5, 5.41) is 2.99. The lowest BCUT2D eigenvalue weighted by Gasteiger charge is -2.33. The lowest BCUT2D eigenvalue weighted by molar-refractivity contribution is -0.140. The fourth-order valence-electron chi connectivity index (χ4n) is 4.56. The third-order valence-corrected chi connectivity index (χ3v) is 9.14. The monoisotopic (exact) mass is 593 g/mol. The van der Waals surface area contributed by atoms with Gasteiger partial charge in [0.15, 0.2) is 0 Å². The van der Waals surface area contributed by atoms with Crippen molar-refractivity contribution in [2.45, 2.75) is 76.9 Å². The molecule has 3 rings (SSSR count). The number of ether oxygens (including phenoxy) is 1. The van der Waals surface area contributed by atoms with E-state index in [1.54, 1.807) is 49.6 Å². The average Bonchev–Trinajstić information content (AvgIpc) is 3.00. The number of hydrogen-bond donors (Lipinski definition) is 1. The summed E-state index contributed by atoms with van der Waals surface area (Å²) < 4.78 is 34.3. The molecule has 0 heterocycles. The molecule has 3 aromatic rings. The van der Waals surface area contributed by atoms with Gasteiger partial charge in [0, 0.05) is 12.6 Å². The average molecular weight is 594 g/mol. The molecule has 0 saturated heterocycles. The molecule has 42 heavy (non-hydrogen) atoms. The van der Waals surface area contributed by atoms with Crippen molar-refractivity contribution in [3.63, 3.8) is 0 Å². The number of rotatable bonds is 14. The van der Waals surface area contributed by atoms with E-state index in [0.717, 1.165) is 21.9 Å². The number of carbonyl (C=O) groups excluding carboxylic acids is 2. The summed E-state index contributed by atoms with van der Waals surface area (Å²) in [7, 11) is -2.53. The summed E-state index contributed by atoms with van der Waals surface area (Å²) in [4.78, 5) is 29.1. The molecule has 0 aromatic heterocycles. The summed E-state index contributed by atoms with van der Waals surface area (Å²) in [5.41, 5.74) is 2.21. The third kappa shape index (κ3) is 8.12. The second-order valence-corrected chi connectivity index (χ2v) is 12.5. The fraction of sp³-hybridized carbons (Fsp3) is 0.394. The van der Waals surface area contributed by atoms with Crippen molar-refractivity contribution in [1.82, 2.24) is 10.2 Å². The number of nitrogens with one attached hydrogen (secondary N) is 1. The van der Waals surface area contributed by atoms with Gasteiger partial charge in [-0.15, -0.1) is 0 Å². The maximum atomic E-state index is 14.2. The van der Waals surface area contributed by atoms with Crippen molar-refractivity contribution in [3.8, 4) is 5.75 Å². The number of nitrogens with zero attached hydrogens (tertiary/aromatic N) is 2. The number of amides is 2.